The van der Waals surface area contributed by atoms with Crippen molar-refractivity contribution in [3.05, 3.63) is 34.3 Å². The fraction of sp³-hybridized carbons (Fsp3) is 0.533. The van der Waals surface area contributed by atoms with Gasteiger partial charge in [0.25, 0.3) is 5.91 Å². The van der Waals surface area contributed by atoms with Crippen LogP contribution in [0.1, 0.15) is 36.0 Å². The molecular formula is C15H18BrCl3N2O. The Kier molecular flexibility index (Phi) is 6.84. The van der Waals surface area contributed by atoms with Gasteiger partial charge in [-0.05, 0) is 37.1 Å². The van der Waals surface area contributed by atoms with E-state index in [-0.39, 0.29) is 5.91 Å². The highest BCUT2D eigenvalue weighted by atomic mass is 79.9. The van der Waals surface area contributed by atoms with E-state index in [2.05, 4.69) is 26.1 Å². The third kappa shape index (κ3) is 5.27. The third-order valence-electron chi connectivity index (χ3n) is 3.69. The Morgan fingerprint density at radius 1 is 1.09 bits per heavy atom. The summed E-state index contributed by atoms with van der Waals surface area (Å²) in [4.78, 5) is 14.5. The van der Waals surface area contributed by atoms with Crippen LogP contribution in [0.4, 0.5) is 0 Å². The van der Waals surface area contributed by atoms with E-state index in [1.165, 1.54) is 12.8 Å². The molecule has 1 aliphatic heterocycles. The molecule has 22 heavy (non-hydrogen) atoms. The number of carbonyl (C=O) groups is 1. The van der Waals surface area contributed by atoms with Crippen molar-refractivity contribution >= 4 is 56.6 Å². The Labute approximate surface area is 154 Å². The molecule has 0 unspecified atom stereocenters. The fourth-order valence-electron chi connectivity index (χ4n) is 2.54. The van der Waals surface area contributed by atoms with Crippen LogP contribution in [-0.2, 0) is 0 Å². The monoisotopic (exact) mass is 426 g/mol. The number of nitrogens with zero attached hydrogens (tertiary/aromatic N) is 1. The maximum Gasteiger partial charge on any atom is 0.252 e. The highest BCUT2D eigenvalue weighted by molar-refractivity contribution is 9.10. The molecule has 0 radical (unpaired) electrons. The van der Waals surface area contributed by atoms with Crippen LogP contribution < -0.4 is 5.32 Å². The summed E-state index contributed by atoms with van der Waals surface area (Å²) in [6, 6.07) is 7.09. The minimum atomic E-state index is -1.57. The number of hydrogen-bond acceptors (Lipinski definition) is 2. The molecular weight excluding hydrogens is 410 g/mol. The van der Waals surface area contributed by atoms with Gasteiger partial charge in [-0.15, -0.1) is 0 Å². The Morgan fingerprint density at radius 2 is 1.64 bits per heavy atom. The van der Waals surface area contributed by atoms with Crippen molar-refractivity contribution in [3.63, 3.8) is 0 Å². The van der Waals surface area contributed by atoms with Gasteiger partial charge in [-0.25, -0.2) is 0 Å². The van der Waals surface area contributed by atoms with Crippen LogP contribution in [0.3, 0.4) is 0 Å². The average molecular weight is 429 g/mol. The second-order valence-corrected chi connectivity index (χ2v) is 8.66. The zero-order valence-electron chi connectivity index (χ0n) is 12.0. The number of rotatable bonds is 3. The van der Waals surface area contributed by atoms with Crippen molar-refractivity contribution in [2.45, 2.75) is 35.6 Å². The summed E-state index contributed by atoms with van der Waals surface area (Å²) in [5.74, 6) is -0.243. The lowest BCUT2D eigenvalue weighted by Crippen LogP contribution is -2.55. The first-order valence-electron chi connectivity index (χ1n) is 7.25. The van der Waals surface area contributed by atoms with E-state index in [0.29, 0.717) is 5.56 Å². The number of hydrogen-bond donors (Lipinski definition) is 1. The number of benzene rings is 1. The van der Waals surface area contributed by atoms with E-state index in [0.717, 1.165) is 30.4 Å². The second-order valence-electron chi connectivity index (χ2n) is 5.37. The standard InChI is InChI=1S/C15H18BrCl3N2O/c16-12-7-5-11(6-8-12)13(22)20-14(15(17,18)19)21-9-3-1-2-4-10-21/h5-8,14H,1-4,9-10H2,(H,20,22)/t14-/m1/s1. The molecule has 1 fully saturated rings. The predicted octanol–water partition coefficient (Wildman–Crippen LogP) is 4.75. The topological polar surface area (TPSA) is 32.3 Å². The minimum absolute atomic E-state index is 0.243. The number of nitrogens with one attached hydrogen (secondary N) is 1. The van der Waals surface area contributed by atoms with Gasteiger partial charge in [0.2, 0.25) is 3.79 Å². The Bertz CT molecular complexity index is 497. The van der Waals surface area contributed by atoms with Crippen LogP contribution in [0, 0.1) is 0 Å². The van der Waals surface area contributed by atoms with Gasteiger partial charge in [-0.1, -0.05) is 63.6 Å². The van der Waals surface area contributed by atoms with Crippen LogP contribution in [0.15, 0.2) is 28.7 Å². The Hall–Kier alpha value is -0.000000000000000167. The van der Waals surface area contributed by atoms with Gasteiger partial charge in [0.15, 0.2) is 0 Å². The molecule has 1 saturated heterocycles. The van der Waals surface area contributed by atoms with Gasteiger partial charge in [0, 0.05) is 23.1 Å². The number of amides is 1. The van der Waals surface area contributed by atoms with E-state index in [9.17, 15) is 4.79 Å². The normalized spacial score (nSPS) is 18.5. The van der Waals surface area contributed by atoms with Crippen molar-refractivity contribution in [2.75, 3.05) is 13.1 Å². The van der Waals surface area contributed by atoms with Crippen LogP contribution in [0.5, 0.6) is 0 Å². The van der Waals surface area contributed by atoms with Gasteiger partial charge in [-0.2, -0.15) is 0 Å². The zero-order chi connectivity index (χ0) is 16.2. The van der Waals surface area contributed by atoms with Crippen molar-refractivity contribution < 1.29 is 4.79 Å². The van der Waals surface area contributed by atoms with Gasteiger partial charge in [0.05, 0.1) is 0 Å². The second kappa shape index (κ2) is 8.20. The first kappa shape index (κ1) is 18.3. The summed E-state index contributed by atoms with van der Waals surface area (Å²) >= 11 is 21.7. The van der Waals surface area contributed by atoms with E-state index in [4.69, 9.17) is 34.8 Å². The fourth-order valence-corrected chi connectivity index (χ4v) is 3.38. The Morgan fingerprint density at radius 3 is 2.14 bits per heavy atom. The summed E-state index contributed by atoms with van der Waals surface area (Å²) in [5.41, 5.74) is 0.539. The van der Waals surface area contributed by atoms with Crippen LogP contribution in [0.2, 0.25) is 0 Å². The summed E-state index contributed by atoms with van der Waals surface area (Å²) in [6.45, 7) is 1.64. The highest BCUT2D eigenvalue weighted by Crippen LogP contribution is 2.33. The number of carbonyl (C=O) groups excluding carboxylic acids is 1. The summed E-state index contributed by atoms with van der Waals surface area (Å²) in [5, 5.41) is 2.87. The Balaban J connectivity index is 2.12. The molecule has 1 amide bonds. The molecule has 1 atom stereocenters. The molecule has 0 aliphatic carbocycles. The molecule has 0 bridgehead atoms. The zero-order valence-corrected chi connectivity index (χ0v) is 15.9. The van der Waals surface area contributed by atoms with Gasteiger partial charge in [-0.3, -0.25) is 9.69 Å². The molecule has 0 saturated carbocycles. The lowest BCUT2D eigenvalue weighted by molar-refractivity contribution is 0.0853. The maximum absolute atomic E-state index is 12.4. The van der Waals surface area contributed by atoms with Crippen LogP contribution >= 0.6 is 50.7 Å². The number of alkyl halides is 3. The molecule has 1 N–H and O–H groups in total. The first-order valence-corrected chi connectivity index (χ1v) is 9.18. The van der Waals surface area contributed by atoms with E-state index in [1.54, 1.807) is 12.1 Å². The smallest absolute Gasteiger partial charge is 0.252 e. The molecule has 1 aliphatic rings. The van der Waals surface area contributed by atoms with E-state index < -0.39 is 9.96 Å². The van der Waals surface area contributed by atoms with Gasteiger partial charge in [0.1, 0.15) is 6.17 Å². The first-order chi connectivity index (χ1) is 10.4. The van der Waals surface area contributed by atoms with E-state index in [1.807, 2.05) is 12.1 Å². The van der Waals surface area contributed by atoms with Crippen molar-refractivity contribution in [3.8, 4) is 0 Å². The lowest BCUT2D eigenvalue weighted by atomic mass is 10.2. The van der Waals surface area contributed by atoms with Crippen molar-refractivity contribution in [2.24, 2.45) is 0 Å². The van der Waals surface area contributed by atoms with E-state index >= 15 is 0 Å². The summed E-state index contributed by atoms with van der Waals surface area (Å²) in [7, 11) is 0. The number of halogens is 4. The molecule has 2 rings (SSSR count). The predicted molar refractivity (Wildman–Crippen MR) is 95.7 cm³/mol. The summed E-state index contributed by atoms with van der Waals surface area (Å²) in [6.07, 6.45) is 3.80. The molecule has 1 aromatic carbocycles. The third-order valence-corrected chi connectivity index (χ3v) is 4.84. The molecule has 0 aromatic heterocycles. The van der Waals surface area contributed by atoms with Crippen molar-refractivity contribution in [1.29, 1.82) is 0 Å². The molecule has 1 aromatic rings. The maximum atomic E-state index is 12.4. The molecule has 122 valence electrons. The average Bonchev–Trinajstić information content (AvgIpc) is 2.73. The molecule has 7 heteroatoms. The number of likely N-dealkylation sites (tertiary alicyclic amines) is 1. The minimum Gasteiger partial charge on any atom is -0.332 e. The van der Waals surface area contributed by atoms with Crippen LogP contribution in [0.25, 0.3) is 0 Å². The SMILES string of the molecule is O=C(N[C@H](N1CCCCCC1)C(Cl)(Cl)Cl)c1ccc(Br)cc1. The van der Waals surface area contributed by atoms with Crippen molar-refractivity contribution in [1.82, 2.24) is 10.2 Å². The quantitative estimate of drug-likeness (QED) is 0.705. The molecule has 0 spiro atoms. The molecule has 1 heterocycles. The molecule has 3 nitrogen and oxygen atoms in total. The summed E-state index contributed by atoms with van der Waals surface area (Å²) < 4.78 is -0.662. The largest absolute Gasteiger partial charge is 0.332 e. The van der Waals surface area contributed by atoms with Gasteiger partial charge >= 0.3 is 0 Å². The lowest BCUT2D eigenvalue weighted by Gasteiger charge is -2.35. The van der Waals surface area contributed by atoms with Crippen LogP contribution in [-0.4, -0.2) is 33.9 Å². The highest BCUT2D eigenvalue weighted by Gasteiger charge is 2.38. The van der Waals surface area contributed by atoms with Gasteiger partial charge < -0.3 is 5.32 Å².